The first-order valence-corrected chi connectivity index (χ1v) is 7.26. The lowest BCUT2D eigenvalue weighted by Gasteiger charge is -2.26. The van der Waals surface area contributed by atoms with Crippen LogP contribution in [-0.2, 0) is 9.53 Å². The van der Waals surface area contributed by atoms with Gasteiger partial charge in [0.1, 0.15) is 0 Å². The van der Waals surface area contributed by atoms with Gasteiger partial charge in [-0.15, -0.1) is 12.4 Å². The Morgan fingerprint density at radius 1 is 1.22 bits per heavy atom. The van der Waals surface area contributed by atoms with Crippen molar-refractivity contribution in [2.24, 2.45) is 5.92 Å². The number of rotatable bonds is 9. The Kier molecular flexibility index (Phi) is 10.4. The van der Waals surface area contributed by atoms with E-state index < -0.39 is 0 Å². The fourth-order valence-electron chi connectivity index (χ4n) is 2.20. The molecule has 1 rings (SSSR count). The van der Waals surface area contributed by atoms with E-state index in [9.17, 15) is 4.79 Å². The maximum Gasteiger partial charge on any atom is 0.231 e. The molecule has 6 nitrogen and oxygen atoms in total. The number of hydrogen-bond acceptors (Lipinski definition) is 5. The predicted octanol–water partition coefficient (Wildman–Crippen LogP) is 1.96. The molecule has 0 saturated carbocycles. The lowest BCUT2D eigenvalue weighted by atomic mass is 10.1. The minimum atomic E-state index is -0.130. The Hall–Kier alpha value is -1.50. The summed E-state index contributed by atoms with van der Waals surface area (Å²) >= 11 is 0. The molecule has 1 atom stereocenters. The number of ether oxygens (including phenoxy) is 3. The standard InChI is InChI=1S/C16H26N2O4.ClH/c1-12(11-17-2)16(19)18(8-9-20-3)13-6-7-14(21-4)15(10-13)22-5;/h6-7,10,12,17H,8-9,11H2,1-5H3;1H. The maximum absolute atomic E-state index is 12.7. The summed E-state index contributed by atoms with van der Waals surface area (Å²) < 4.78 is 15.7. The first kappa shape index (κ1) is 21.5. The van der Waals surface area contributed by atoms with E-state index in [2.05, 4.69) is 5.32 Å². The molecular weight excluding hydrogens is 320 g/mol. The van der Waals surface area contributed by atoms with Gasteiger partial charge >= 0.3 is 0 Å². The molecule has 0 aliphatic rings. The van der Waals surface area contributed by atoms with Gasteiger partial charge in [0.05, 0.1) is 20.8 Å². The number of nitrogens with zero attached hydrogens (tertiary/aromatic N) is 1. The van der Waals surface area contributed by atoms with Crippen LogP contribution >= 0.6 is 12.4 Å². The zero-order valence-corrected chi connectivity index (χ0v) is 15.2. The van der Waals surface area contributed by atoms with Gasteiger partial charge in [-0.2, -0.15) is 0 Å². The van der Waals surface area contributed by atoms with Gasteiger partial charge in [-0.05, 0) is 19.2 Å². The highest BCUT2D eigenvalue weighted by atomic mass is 35.5. The first-order chi connectivity index (χ1) is 10.6. The Balaban J connectivity index is 0.00000484. The average molecular weight is 347 g/mol. The van der Waals surface area contributed by atoms with Crippen LogP contribution in [0.2, 0.25) is 0 Å². The highest BCUT2D eigenvalue weighted by Crippen LogP contribution is 2.32. The summed E-state index contributed by atoms with van der Waals surface area (Å²) in [4.78, 5) is 14.4. The summed E-state index contributed by atoms with van der Waals surface area (Å²) in [6.07, 6.45) is 0. The first-order valence-electron chi connectivity index (χ1n) is 7.26. The molecule has 0 aromatic heterocycles. The molecule has 1 unspecified atom stereocenters. The number of carbonyl (C=O) groups is 1. The quantitative estimate of drug-likeness (QED) is 0.740. The van der Waals surface area contributed by atoms with Crippen LogP contribution in [0, 0.1) is 5.92 Å². The third-order valence-electron chi connectivity index (χ3n) is 3.40. The van der Waals surface area contributed by atoms with Gasteiger partial charge in [0.25, 0.3) is 0 Å². The van der Waals surface area contributed by atoms with Crippen LogP contribution in [0.4, 0.5) is 5.69 Å². The second kappa shape index (κ2) is 11.1. The number of methoxy groups -OCH3 is 3. The lowest BCUT2D eigenvalue weighted by Crippen LogP contribution is -2.40. The largest absolute Gasteiger partial charge is 0.493 e. The minimum Gasteiger partial charge on any atom is -0.493 e. The monoisotopic (exact) mass is 346 g/mol. The topological polar surface area (TPSA) is 60.0 Å². The summed E-state index contributed by atoms with van der Waals surface area (Å²) in [5.41, 5.74) is 0.766. The van der Waals surface area contributed by atoms with Gasteiger partial charge in [0.2, 0.25) is 5.91 Å². The highest BCUT2D eigenvalue weighted by molar-refractivity contribution is 5.95. The van der Waals surface area contributed by atoms with Crippen LogP contribution in [0.25, 0.3) is 0 Å². The van der Waals surface area contributed by atoms with E-state index in [1.54, 1.807) is 38.4 Å². The maximum atomic E-state index is 12.7. The van der Waals surface area contributed by atoms with E-state index in [4.69, 9.17) is 14.2 Å². The molecule has 0 radical (unpaired) electrons. The molecule has 0 aliphatic carbocycles. The predicted molar refractivity (Wildman–Crippen MR) is 94.1 cm³/mol. The summed E-state index contributed by atoms with van der Waals surface area (Å²) in [7, 11) is 6.61. The van der Waals surface area contributed by atoms with E-state index in [-0.39, 0.29) is 24.2 Å². The van der Waals surface area contributed by atoms with Crippen molar-refractivity contribution in [3.63, 3.8) is 0 Å². The zero-order chi connectivity index (χ0) is 16.5. The summed E-state index contributed by atoms with van der Waals surface area (Å²) in [6.45, 7) is 3.47. The van der Waals surface area contributed by atoms with Crippen LogP contribution in [0.5, 0.6) is 11.5 Å². The molecule has 1 aromatic rings. The number of benzene rings is 1. The fourth-order valence-corrected chi connectivity index (χ4v) is 2.20. The van der Waals surface area contributed by atoms with Crippen LogP contribution < -0.4 is 19.7 Å². The highest BCUT2D eigenvalue weighted by Gasteiger charge is 2.22. The summed E-state index contributed by atoms with van der Waals surface area (Å²) in [6, 6.07) is 5.45. The van der Waals surface area contributed by atoms with Gasteiger partial charge in [0.15, 0.2) is 11.5 Å². The molecule has 1 N–H and O–H groups in total. The second-order valence-electron chi connectivity index (χ2n) is 4.98. The van der Waals surface area contributed by atoms with E-state index in [0.29, 0.717) is 31.2 Å². The molecule has 0 aliphatic heterocycles. The van der Waals surface area contributed by atoms with E-state index in [1.165, 1.54) is 0 Å². The number of anilines is 1. The zero-order valence-electron chi connectivity index (χ0n) is 14.4. The molecule has 0 saturated heterocycles. The van der Waals surface area contributed by atoms with Crippen molar-refractivity contribution in [2.45, 2.75) is 6.92 Å². The molecule has 1 aromatic carbocycles. The van der Waals surface area contributed by atoms with Crippen molar-refractivity contribution in [1.29, 1.82) is 0 Å². The van der Waals surface area contributed by atoms with Crippen molar-refractivity contribution >= 4 is 24.0 Å². The third-order valence-corrected chi connectivity index (χ3v) is 3.40. The van der Waals surface area contributed by atoms with Crippen LogP contribution in [0.1, 0.15) is 6.92 Å². The Bertz CT molecular complexity index is 485. The smallest absolute Gasteiger partial charge is 0.231 e. The molecular formula is C16H27ClN2O4. The number of carbonyl (C=O) groups excluding carboxylic acids is 1. The fraction of sp³-hybridized carbons (Fsp3) is 0.562. The van der Waals surface area contributed by atoms with E-state index >= 15 is 0 Å². The number of amides is 1. The number of halogens is 1. The van der Waals surface area contributed by atoms with Crippen molar-refractivity contribution in [1.82, 2.24) is 5.32 Å². The number of hydrogen-bond donors (Lipinski definition) is 1. The van der Waals surface area contributed by atoms with Crippen LogP contribution in [0.15, 0.2) is 18.2 Å². The Morgan fingerprint density at radius 3 is 2.39 bits per heavy atom. The molecule has 0 fully saturated rings. The van der Waals surface area contributed by atoms with Gasteiger partial charge in [-0.25, -0.2) is 0 Å². The third kappa shape index (κ3) is 5.89. The van der Waals surface area contributed by atoms with Gasteiger partial charge < -0.3 is 24.4 Å². The van der Waals surface area contributed by atoms with E-state index in [1.807, 2.05) is 20.0 Å². The Labute approximate surface area is 144 Å². The van der Waals surface area contributed by atoms with E-state index in [0.717, 1.165) is 5.69 Å². The van der Waals surface area contributed by atoms with Gasteiger partial charge in [0, 0.05) is 37.9 Å². The second-order valence-corrected chi connectivity index (χ2v) is 4.98. The molecule has 132 valence electrons. The van der Waals surface area contributed by atoms with Gasteiger partial charge in [-0.3, -0.25) is 4.79 Å². The van der Waals surface area contributed by atoms with Gasteiger partial charge in [-0.1, -0.05) is 6.92 Å². The molecule has 23 heavy (non-hydrogen) atoms. The normalized spacial score (nSPS) is 11.3. The van der Waals surface area contributed by atoms with Crippen molar-refractivity contribution in [2.75, 3.05) is 53.0 Å². The minimum absolute atomic E-state index is 0. The van der Waals surface area contributed by atoms with Crippen LogP contribution in [0.3, 0.4) is 0 Å². The van der Waals surface area contributed by atoms with Crippen molar-refractivity contribution in [3.05, 3.63) is 18.2 Å². The average Bonchev–Trinajstić information content (AvgIpc) is 2.54. The van der Waals surface area contributed by atoms with Crippen molar-refractivity contribution in [3.8, 4) is 11.5 Å². The Morgan fingerprint density at radius 2 is 1.87 bits per heavy atom. The number of nitrogens with one attached hydrogen (secondary N) is 1. The molecule has 0 heterocycles. The lowest BCUT2D eigenvalue weighted by molar-refractivity contribution is -0.121. The summed E-state index contributed by atoms with van der Waals surface area (Å²) in [5.74, 6) is 1.14. The SMILES string of the molecule is CNCC(C)C(=O)N(CCOC)c1ccc(OC)c(OC)c1.Cl. The molecule has 0 spiro atoms. The molecule has 1 amide bonds. The van der Waals surface area contributed by atoms with Crippen LogP contribution in [-0.4, -0.2) is 54.0 Å². The van der Waals surface area contributed by atoms with Crippen molar-refractivity contribution < 1.29 is 19.0 Å². The summed E-state index contributed by atoms with van der Waals surface area (Å²) in [5, 5.41) is 3.03. The molecule has 0 bridgehead atoms. The molecule has 7 heteroatoms.